The van der Waals surface area contributed by atoms with E-state index in [0.29, 0.717) is 13.0 Å². The van der Waals surface area contributed by atoms with Crippen molar-refractivity contribution in [3.05, 3.63) is 59.7 Å². The number of carbonyl (C=O) groups is 3. The predicted molar refractivity (Wildman–Crippen MR) is 123 cm³/mol. The highest BCUT2D eigenvalue weighted by atomic mass is 16.5. The molecule has 8 heteroatoms. The van der Waals surface area contributed by atoms with Gasteiger partial charge in [0.15, 0.2) is 0 Å². The van der Waals surface area contributed by atoms with Crippen LogP contribution in [-0.2, 0) is 14.3 Å². The van der Waals surface area contributed by atoms with Gasteiger partial charge in [0.1, 0.15) is 12.6 Å². The largest absolute Gasteiger partial charge is 0.480 e. The van der Waals surface area contributed by atoms with E-state index in [1.807, 2.05) is 24.3 Å². The standard InChI is InChI=1S/C25H29N3O5/c1-28(2)13-22(24(30)31)27-23(29)20-11-15(20)12-26-25(32)33-14-21-18-9-5-3-7-16(18)17-8-4-6-10-19(17)21/h3-10,15,20-22H,11-14H2,1-2H3,(H,26,32)(H,27,29)(H,30,31)/t15-,20-,22+/m1/s1. The van der Waals surface area contributed by atoms with Crippen molar-refractivity contribution in [3.63, 3.8) is 0 Å². The van der Waals surface area contributed by atoms with E-state index in [9.17, 15) is 19.5 Å². The number of carbonyl (C=O) groups excluding carboxylic acids is 2. The number of carboxylic acids is 1. The van der Waals surface area contributed by atoms with Crippen LogP contribution in [0.5, 0.6) is 0 Å². The molecular formula is C25H29N3O5. The molecular weight excluding hydrogens is 422 g/mol. The summed E-state index contributed by atoms with van der Waals surface area (Å²) < 4.78 is 5.52. The third-order valence-electron chi connectivity index (χ3n) is 6.27. The molecule has 0 aliphatic heterocycles. The Balaban J connectivity index is 1.24. The molecule has 0 saturated heterocycles. The fraction of sp³-hybridized carbons (Fsp3) is 0.400. The van der Waals surface area contributed by atoms with Crippen LogP contribution < -0.4 is 10.6 Å². The van der Waals surface area contributed by atoms with E-state index in [-0.39, 0.29) is 36.8 Å². The molecule has 2 aliphatic rings. The number of rotatable bonds is 9. The van der Waals surface area contributed by atoms with Gasteiger partial charge in [-0.2, -0.15) is 0 Å². The van der Waals surface area contributed by atoms with E-state index < -0.39 is 18.1 Å². The third kappa shape index (κ3) is 5.17. The molecule has 0 bridgehead atoms. The lowest BCUT2D eigenvalue weighted by Crippen LogP contribution is -2.47. The number of hydrogen-bond donors (Lipinski definition) is 3. The Morgan fingerprint density at radius 2 is 1.67 bits per heavy atom. The van der Waals surface area contributed by atoms with Crippen molar-refractivity contribution in [3.8, 4) is 11.1 Å². The number of benzene rings is 2. The number of ether oxygens (including phenoxy) is 1. The van der Waals surface area contributed by atoms with Gasteiger partial charge in [-0.05, 0) is 48.7 Å². The summed E-state index contributed by atoms with van der Waals surface area (Å²) in [6.45, 7) is 0.774. The van der Waals surface area contributed by atoms with Crippen LogP contribution in [0.25, 0.3) is 11.1 Å². The lowest BCUT2D eigenvalue weighted by Gasteiger charge is -2.18. The predicted octanol–water partition coefficient (Wildman–Crippen LogP) is 2.29. The SMILES string of the molecule is CN(C)C[C@H](NC(=O)[C@@H]1C[C@@H]1CNC(=O)OCC1c2ccccc2-c2ccccc21)C(=O)O. The molecule has 3 atom stereocenters. The first-order valence-electron chi connectivity index (χ1n) is 11.1. The Bertz CT molecular complexity index is 1010. The highest BCUT2D eigenvalue weighted by Gasteiger charge is 2.44. The molecule has 1 saturated carbocycles. The Morgan fingerprint density at radius 1 is 1.06 bits per heavy atom. The molecule has 3 N–H and O–H groups in total. The van der Waals surface area contributed by atoms with E-state index in [1.54, 1.807) is 19.0 Å². The molecule has 0 heterocycles. The minimum absolute atomic E-state index is 0.00718. The number of nitrogens with zero attached hydrogens (tertiary/aromatic N) is 1. The van der Waals surface area contributed by atoms with E-state index in [1.165, 1.54) is 11.1 Å². The van der Waals surface area contributed by atoms with Crippen molar-refractivity contribution in [2.75, 3.05) is 33.8 Å². The summed E-state index contributed by atoms with van der Waals surface area (Å²) in [6, 6.07) is 15.3. The molecule has 0 radical (unpaired) electrons. The highest BCUT2D eigenvalue weighted by Crippen LogP contribution is 2.44. The van der Waals surface area contributed by atoms with Crippen LogP contribution in [0, 0.1) is 11.8 Å². The molecule has 0 aromatic heterocycles. The number of aliphatic carboxylic acids is 1. The normalized spacial score (nSPS) is 19.4. The average molecular weight is 452 g/mol. The van der Waals surface area contributed by atoms with Crippen molar-refractivity contribution < 1.29 is 24.2 Å². The number of amides is 2. The highest BCUT2D eigenvalue weighted by molar-refractivity contribution is 5.87. The maximum Gasteiger partial charge on any atom is 0.407 e. The van der Waals surface area contributed by atoms with Crippen molar-refractivity contribution in [2.45, 2.75) is 18.4 Å². The topological polar surface area (TPSA) is 108 Å². The van der Waals surface area contributed by atoms with Crippen LogP contribution in [0.2, 0.25) is 0 Å². The maximum atomic E-state index is 12.4. The van der Waals surface area contributed by atoms with Gasteiger partial charge in [-0.15, -0.1) is 0 Å². The van der Waals surface area contributed by atoms with Gasteiger partial charge in [0.25, 0.3) is 0 Å². The Hall–Kier alpha value is -3.39. The quantitative estimate of drug-likeness (QED) is 0.540. The molecule has 33 heavy (non-hydrogen) atoms. The summed E-state index contributed by atoms with van der Waals surface area (Å²) in [6.07, 6.45) is 0.100. The lowest BCUT2D eigenvalue weighted by molar-refractivity contribution is -0.142. The summed E-state index contributed by atoms with van der Waals surface area (Å²) in [5, 5.41) is 14.6. The Kier molecular flexibility index (Phi) is 6.65. The summed E-state index contributed by atoms with van der Waals surface area (Å²) in [5.74, 6) is -1.66. The minimum Gasteiger partial charge on any atom is -0.480 e. The molecule has 4 rings (SSSR count). The van der Waals surface area contributed by atoms with Crippen molar-refractivity contribution >= 4 is 18.0 Å². The van der Waals surface area contributed by atoms with Gasteiger partial charge in [0, 0.05) is 24.9 Å². The summed E-state index contributed by atoms with van der Waals surface area (Å²) >= 11 is 0. The fourth-order valence-corrected chi connectivity index (χ4v) is 4.49. The van der Waals surface area contributed by atoms with Crippen LogP contribution in [0.15, 0.2) is 48.5 Å². The second kappa shape index (κ2) is 9.62. The molecule has 2 aromatic rings. The molecule has 2 amide bonds. The first-order chi connectivity index (χ1) is 15.8. The van der Waals surface area contributed by atoms with Gasteiger partial charge < -0.3 is 25.4 Å². The second-order valence-electron chi connectivity index (χ2n) is 8.97. The smallest absolute Gasteiger partial charge is 0.407 e. The van der Waals surface area contributed by atoms with E-state index in [4.69, 9.17) is 4.74 Å². The molecule has 174 valence electrons. The average Bonchev–Trinajstić information content (AvgIpc) is 3.51. The summed E-state index contributed by atoms with van der Waals surface area (Å²) in [5.41, 5.74) is 4.64. The van der Waals surface area contributed by atoms with Gasteiger partial charge in [0.05, 0.1) is 0 Å². The molecule has 8 nitrogen and oxygen atoms in total. The number of likely N-dealkylation sites (N-methyl/N-ethyl adjacent to an activating group) is 1. The number of fused-ring (bicyclic) bond motifs is 3. The van der Waals surface area contributed by atoms with Gasteiger partial charge in [-0.3, -0.25) is 4.79 Å². The zero-order chi connectivity index (χ0) is 23.5. The van der Waals surface area contributed by atoms with Crippen molar-refractivity contribution in [2.24, 2.45) is 11.8 Å². The Labute approximate surface area is 192 Å². The van der Waals surface area contributed by atoms with Gasteiger partial charge in [0.2, 0.25) is 5.91 Å². The van der Waals surface area contributed by atoms with E-state index in [2.05, 4.69) is 34.9 Å². The number of nitrogens with one attached hydrogen (secondary N) is 2. The van der Waals surface area contributed by atoms with Crippen molar-refractivity contribution in [1.29, 1.82) is 0 Å². The summed E-state index contributed by atoms with van der Waals surface area (Å²) in [4.78, 5) is 37.7. The third-order valence-corrected chi connectivity index (χ3v) is 6.27. The fourth-order valence-electron chi connectivity index (χ4n) is 4.49. The zero-order valence-corrected chi connectivity index (χ0v) is 18.8. The van der Waals surface area contributed by atoms with Crippen LogP contribution in [0.4, 0.5) is 4.79 Å². The lowest BCUT2D eigenvalue weighted by atomic mass is 9.98. The van der Waals surface area contributed by atoms with Gasteiger partial charge >= 0.3 is 12.1 Å². The van der Waals surface area contributed by atoms with E-state index >= 15 is 0 Å². The molecule has 0 spiro atoms. The second-order valence-corrected chi connectivity index (χ2v) is 8.97. The number of hydrogen-bond acceptors (Lipinski definition) is 5. The molecule has 2 aromatic carbocycles. The molecule has 0 unspecified atom stereocenters. The van der Waals surface area contributed by atoms with Crippen LogP contribution >= 0.6 is 0 Å². The van der Waals surface area contributed by atoms with Crippen LogP contribution in [0.3, 0.4) is 0 Å². The van der Waals surface area contributed by atoms with Gasteiger partial charge in [-0.1, -0.05) is 48.5 Å². The number of alkyl carbamates (subject to hydrolysis) is 1. The van der Waals surface area contributed by atoms with Gasteiger partial charge in [-0.25, -0.2) is 9.59 Å². The first-order valence-corrected chi connectivity index (χ1v) is 11.1. The number of carboxylic acid groups (broad SMARTS) is 1. The van der Waals surface area contributed by atoms with E-state index in [0.717, 1.165) is 11.1 Å². The van der Waals surface area contributed by atoms with Crippen molar-refractivity contribution in [1.82, 2.24) is 15.5 Å². The first kappa shape index (κ1) is 22.8. The monoisotopic (exact) mass is 451 g/mol. The molecule has 1 fully saturated rings. The molecule has 2 aliphatic carbocycles. The minimum atomic E-state index is -1.06. The Morgan fingerprint density at radius 3 is 2.24 bits per heavy atom. The maximum absolute atomic E-state index is 12.4. The van der Waals surface area contributed by atoms with Crippen LogP contribution in [-0.4, -0.2) is 67.8 Å². The van der Waals surface area contributed by atoms with Crippen LogP contribution in [0.1, 0.15) is 23.5 Å². The summed E-state index contributed by atoms with van der Waals surface area (Å²) in [7, 11) is 3.50. The zero-order valence-electron chi connectivity index (χ0n) is 18.8.